The monoisotopic (exact) mass is 197 g/mol. The van der Waals surface area contributed by atoms with Crippen LogP contribution in [0.25, 0.3) is 0 Å². The molecule has 0 aromatic rings. The smallest absolute Gasteiger partial charge is 0.335 e. The van der Waals surface area contributed by atoms with Gasteiger partial charge in [0.1, 0.15) is 0 Å². The van der Waals surface area contributed by atoms with Crippen LogP contribution in [0, 0.1) is 0 Å². The molecule has 1 rings (SSSR count). The van der Waals surface area contributed by atoms with Crippen LogP contribution >= 0.6 is 0 Å². The molecule has 1 saturated heterocycles. The first-order chi connectivity index (χ1) is 6.57. The molecule has 14 heavy (non-hydrogen) atoms. The molecule has 1 atom stereocenters. The summed E-state index contributed by atoms with van der Waals surface area (Å²) in [6.45, 7) is 5.91. The lowest BCUT2D eigenvalue weighted by atomic mass is 9.99. The molecule has 0 amide bonds. The number of nitrogens with zero attached hydrogens (tertiary/aromatic N) is 1. The summed E-state index contributed by atoms with van der Waals surface area (Å²) in [6, 6.07) is 0. The van der Waals surface area contributed by atoms with Gasteiger partial charge in [0.05, 0.1) is 0 Å². The van der Waals surface area contributed by atoms with Crippen LogP contribution in [0.1, 0.15) is 39.0 Å². The summed E-state index contributed by atoms with van der Waals surface area (Å²) in [5, 5.41) is 9.10. The van der Waals surface area contributed by atoms with Gasteiger partial charge in [0.2, 0.25) is 0 Å². The Balaban J connectivity index is 2.41. The molecule has 80 valence electrons. The second-order valence-corrected chi connectivity index (χ2v) is 3.98. The zero-order valence-electron chi connectivity index (χ0n) is 9.05. The molecule has 1 aliphatic heterocycles. The second kappa shape index (κ2) is 4.03. The minimum absolute atomic E-state index is 0.706. The van der Waals surface area contributed by atoms with Gasteiger partial charge in [-0.2, -0.15) is 0 Å². The number of hydrogen-bond donors (Lipinski definition) is 1. The highest BCUT2D eigenvalue weighted by atomic mass is 16.4. The predicted octanol–water partition coefficient (Wildman–Crippen LogP) is 2.24. The van der Waals surface area contributed by atoms with Crippen molar-refractivity contribution in [2.75, 3.05) is 7.05 Å². The Morgan fingerprint density at radius 1 is 1.50 bits per heavy atom. The quantitative estimate of drug-likeness (QED) is 0.524. The first-order valence-electron chi connectivity index (χ1n) is 5.24. The van der Waals surface area contributed by atoms with E-state index in [1.165, 1.54) is 12.8 Å². The lowest BCUT2D eigenvalue weighted by Gasteiger charge is -2.09. The summed E-state index contributed by atoms with van der Waals surface area (Å²) in [5.41, 5.74) is 0.0230. The van der Waals surface area contributed by atoms with Crippen molar-refractivity contribution in [1.29, 1.82) is 0 Å². The minimum atomic E-state index is -0.749. The number of carboxylic acids is 1. The summed E-state index contributed by atoms with van der Waals surface area (Å²) in [4.78, 5) is 12.8. The molecule has 1 fully saturated rings. The Hall–Kier alpha value is -0.990. The van der Waals surface area contributed by atoms with E-state index in [0.717, 1.165) is 18.5 Å². The normalized spacial score (nSPS) is 25.3. The van der Waals surface area contributed by atoms with Gasteiger partial charge < -0.3 is 10.0 Å². The summed E-state index contributed by atoms with van der Waals surface area (Å²) in [5.74, 6) is -0.749. The number of unbranched alkanes of at least 4 members (excludes halogenated alkanes) is 3. The van der Waals surface area contributed by atoms with Gasteiger partial charge in [-0.25, -0.2) is 4.79 Å². The summed E-state index contributed by atoms with van der Waals surface area (Å²) in [7, 11) is 1.80. The molecule has 1 heterocycles. The van der Waals surface area contributed by atoms with Crippen molar-refractivity contribution in [1.82, 2.24) is 4.90 Å². The average Bonchev–Trinajstić information content (AvgIpc) is 2.66. The summed E-state index contributed by atoms with van der Waals surface area (Å²) >= 11 is 0. The molecule has 1 aliphatic rings. The van der Waals surface area contributed by atoms with E-state index in [1.807, 2.05) is 0 Å². The molecular formula is C11H19NO2. The topological polar surface area (TPSA) is 40.3 Å². The number of carbonyl (C=O) groups is 1. The molecule has 1 unspecified atom stereocenters. The maximum atomic E-state index is 11.1. The van der Waals surface area contributed by atoms with Gasteiger partial charge in [-0.1, -0.05) is 39.2 Å². The highest BCUT2D eigenvalue weighted by molar-refractivity contribution is 5.88. The maximum Gasteiger partial charge on any atom is 0.335 e. The molecule has 0 aliphatic carbocycles. The third-order valence-electron chi connectivity index (χ3n) is 3.15. The van der Waals surface area contributed by atoms with E-state index in [4.69, 9.17) is 5.11 Å². The lowest BCUT2D eigenvalue weighted by molar-refractivity contribution is -0.141. The van der Waals surface area contributed by atoms with Crippen LogP contribution in [-0.2, 0) is 4.79 Å². The average molecular weight is 197 g/mol. The van der Waals surface area contributed by atoms with Crippen molar-refractivity contribution in [2.45, 2.75) is 44.6 Å². The maximum absolute atomic E-state index is 11.1. The molecule has 0 radical (unpaired) electrons. The standard InChI is InChI=1S/C11H19NO2/c1-4-5-6-7-8-11(10(13)14)9(2)12(11)3/h2,4-8H2,1,3H3,(H,13,14). The van der Waals surface area contributed by atoms with E-state index < -0.39 is 11.5 Å². The zero-order valence-corrected chi connectivity index (χ0v) is 9.05. The molecule has 0 spiro atoms. The number of aliphatic carboxylic acids is 1. The SMILES string of the molecule is C=C1N(C)C1(CCCCCC)C(=O)O. The molecule has 0 aromatic carbocycles. The van der Waals surface area contributed by atoms with Gasteiger partial charge >= 0.3 is 5.97 Å². The van der Waals surface area contributed by atoms with Crippen molar-refractivity contribution in [3.8, 4) is 0 Å². The van der Waals surface area contributed by atoms with Crippen LogP contribution in [0.4, 0.5) is 0 Å². The highest BCUT2D eigenvalue weighted by Gasteiger charge is 2.59. The number of hydrogen-bond acceptors (Lipinski definition) is 2. The first kappa shape index (κ1) is 11.1. The lowest BCUT2D eigenvalue weighted by Crippen LogP contribution is -2.27. The van der Waals surface area contributed by atoms with Crippen LogP contribution in [0.2, 0.25) is 0 Å². The third-order valence-corrected chi connectivity index (χ3v) is 3.15. The van der Waals surface area contributed by atoms with Crippen LogP contribution in [-0.4, -0.2) is 28.6 Å². The van der Waals surface area contributed by atoms with Crippen LogP contribution in [0.15, 0.2) is 12.3 Å². The highest BCUT2D eigenvalue weighted by Crippen LogP contribution is 2.46. The van der Waals surface area contributed by atoms with E-state index in [0.29, 0.717) is 6.42 Å². The van der Waals surface area contributed by atoms with Gasteiger partial charge in [0, 0.05) is 12.7 Å². The fourth-order valence-corrected chi connectivity index (χ4v) is 1.96. The number of rotatable bonds is 6. The largest absolute Gasteiger partial charge is 0.479 e. The van der Waals surface area contributed by atoms with Gasteiger partial charge in [0.25, 0.3) is 0 Å². The molecular weight excluding hydrogens is 178 g/mol. The number of likely N-dealkylation sites (N-methyl/N-ethyl adjacent to an activating group) is 1. The van der Waals surface area contributed by atoms with E-state index in [-0.39, 0.29) is 0 Å². The van der Waals surface area contributed by atoms with Gasteiger partial charge in [0.15, 0.2) is 5.54 Å². The summed E-state index contributed by atoms with van der Waals surface area (Å²) < 4.78 is 0. The summed E-state index contributed by atoms with van der Waals surface area (Å²) in [6.07, 6.45) is 5.16. The van der Waals surface area contributed by atoms with Crippen molar-refractivity contribution in [2.24, 2.45) is 0 Å². The van der Waals surface area contributed by atoms with Crippen molar-refractivity contribution in [3.05, 3.63) is 12.3 Å². The number of carboxylic acid groups (broad SMARTS) is 1. The van der Waals surface area contributed by atoms with Crippen LogP contribution in [0.3, 0.4) is 0 Å². The van der Waals surface area contributed by atoms with Crippen molar-refractivity contribution < 1.29 is 9.90 Å². The Kier molecular flexibility index (Phi) is 3.19. The third kappa shape index (κ3) is 1.63. The van der Waals surface area contributed by atoms with E-state index >= 15 is 0 Å². The fraction of sp³-hybridized carbons (Fsp3) is 0.727. The Labute approximate surface area is 85.4 Å². The molecule has 3 nitrogen and oxygen atoms in total. The molecule has 0 aromatic heterocycles. The van der Waals surface area contributed by atoms with E-state index in [1.54, 1.807) is 11.9 Å². The zero-order chi connectivity index (χ0) is 10.8. The van der Waals surface area contributed by atoms with E-state index in [2.05, 4.69) is 13.5 Å². The first-order valence-corrected chi connectivity index (χ1v) is 5.24. The van der Waals surface area contributed by atoms with Gasteiger partial charge in [-0.15, -0.1) is 0 Å². The van der Waals surface area contributed by atoms with Crippen LogP contribution < -0.4 is 0 Å². The fourth-order valence-electron chi connectivity index (χ4n) is 1.96. The Morgan fingerprint density at radius 3 is 2.43 bits per heavy atom. The second-order valence-electron chi connectivity index (χ2n) is 3.98. The Morgan fingerprint density at radius 2 is 2.07 bits per heavy atom. The Bertz CT molecular complexity index is 240. The predicted molar refractivity (Wildman–Crippen MR) is 56.0 cm³/mol. The van der Waals surface area contributed by atoms with Gasteiger partial charge in [-0.3, -0.25) is 0 Å². The molecule has 0 saturated carbocycles. The molecule has 3 heteroatoms. The van der Waals surface area contributed by atoms with Crippen LogP contribution in [0.5, 0.6) is 0 Å². The molecule has 0 bridgehead atoms. The van der Waals surface area contributed by atoms with Crippen molar-refractivity contribution in [3.63, 3.8) is 0 Å². The van der Waals surface area contributed by atoms with E-state index in [9.17, 15) is 4.79 Å². The van der Waals surface area contributed by atoms with Gasteiger partial charge in [-0.05, 0) is 6.42 Å². The van der Waals surface area contributed by atoms with Crippen molar-refractivity contribution >= 4 is 5.97 Å². The molecule has 1 N–H and O–H groups in total. The minimum Gasteiger partial charge on any atom is -0.479 e.